The summed E-state index contributed by atoms with van der Waals surface area (Å²) in [6, 6.07) is 13.2. The average Bonchev–Trinajstić information content (AvgIpc) is 2.87. The molecule has 0 saturated heterocycles. The van der Waals surface area contributed by atoms with Gasteiger partial charge in [0.05, 0.1) is 5.69 Å². The smallest absolute Gasteiger partial charge is 0.247 e. The van der Waals surface area contributed by atoms with Crippen LogP contribution in [0, 0.1) is 5.82 Å². The molecule has 29 heavy (non-hydrogen) atoms. The van der Waals surface area contributed by atoms with E-state index < -0.39 is 6.23 Å². The predicted octanol–water partition coefficient (Wildman–Crippen LogP) is 4.40. The van der Waals surface area contributed by atoms with Gasteiger partial charge < -0.3 is 4.74 Å². The molecule has 0 fully saturated rings. The van der Waals surface area contributed by atoms with Gasteiger partial charge in [-0.2, -0.15) is 4.98 Å². The van der Waals surface area contributed by atoms with Crippen LogP contribution in [-0.2, 0) is 4.79 Å². The quantitative estimate of drug-likeness (QED) is 0.471. The zero-order valence-corrected chi connectivity index (χ0v) is 16.4. The van der Waals surface area contributed by atoms with Gasteiger partial charge in [-0.25, -0.2) is 4.39 Å². The number of para-hydroxylation sites is 1. The minimum Gasteiger partial charge on any atom is -0.447 e. The third-order valence-corrected chi connectivity index (χ3v) is 5.17. The number of carbonyl (C=O) groups is 1. The first-order chi connectivity index (χ1) is 14.1. The van der Waals surface area contributed by atoms with Crippen molar-refractivity contribution in [2.75, 3.05) is 10.7 Å². The second-order valence-corrected chi connectivity index (χ2v) is 7.26. The van der Waals surface area contributed by atoms with E-state index in [1.807, 2.05) is 24.3 Å². The molecule has 3 aromatic rings. The molecule has 0 N–H and O–H groups in total. The van der Waals surface area contributed by atoms with E-state index in [-0.39, 0.29) is 17.6 Å². The van der Waals surface area contributed by atoms with Gasteiger partial charge in [0, 0.05) is 23.8 Å². The maximum absolute atomic E-state index is 13.5. The number of ether oxygens (including phenoxy) is 1. The van der Waals surface area contributed by atoms with Crippen LogP contribution < -0.4 is 9.64 Å². The number of aromatic nitrogens is 3. The lowest BCUT2D eigenvalue weighted by Gasteiger charge is -2.29. The molecule has 0 saturated carbocycles. The largest absolute Gasteiger partial charge is 0.447 e. The summed E-state index contributed by atoms with van der Waals surface area (Å²) >= 11 is 1.37. The van der Waals surface area contributed by atoms with Crippen LogP contribution in [-0.4, -0.2) is 26.8 Å². The molecule has 6 nitrogen and oxygen atoms in total. The van der Waals surface area contributed by atoms with Crippen molar-refractivity contribution in [1.82, 2.24) is 15.2 Å². The average molecular weight is 408 g/mol. The molecular formula is C21H17FN4O2S. The van der Waals surface area contributed by atoms with Gasteiger partial charge in [0.1, 0.15) is 5.82 Å². The first-order valence-electron chi connectivity index (χ1n) is 8.88. The lowest BCUT2D eigenvalue weighted by molar-refractivity contribution is -0.118. The minimum atomic E-state index is -0.829. The van der Waals surface area contributed by atoms with Gasteiger partial charge in [-0.3, -0.25) is 9.69 Å². The van der Waals surface area contributed by atoms with Crippen LogP contribution >= 0.6 is 11.8 Å². The highest BCUT2D eigenvalue weighted by Gasteiger charge is 2.34. The SMILES string of the molecule is C=CCSc1nnc2c(n1)O[C@@H](c1ccc(F)cc1)N(C(C)=O)c1ccccc1-2. The summed E-state index contributed by atoms with van der Waals surface area (Å²) in [4.78, 5) is 18.6. The molecule has 146 valence electrons. The van der Waals surface area contributed by atoms with Crippen LogP contribution in [0.15, 0.2) is 66.3 Å². The van der Waals surface area contributed by atoms with E-state index in [0.29, 0.717) is 33.4 Å². The van der Waals surface area contributed by atoms with Crippen LogP contribution in [0.1, 0.15) is 18.7 Å². The van der Waals surface area contributed by atoms with E-state index in [4.69, 9.17) is 4.74 Å². The summed E-state index contributed by atoms with van der Waals surface area (Å²) in [6.07, 6.45) is 0.915. The standard InChI is InChI=1S/C21H17FN4O2S/c1-3-12-29-21-23-19-18(24-25-21)16-6-4-5-7-17(16)26(13(2)27)20(28-19)14-8-10-15(22)11-9-14/h3-11,20H,1,12H2,2H3/t20-/m0/s1. The summed E-state index contributed by atoms with van der Waals surface area (Å²) in [6.45, 7) is 5.15. The summed E-state index contributed by atoms with van der Waals surface area (Å²) in [5.41, 5.74) is 2.36. The minimum absolute atomic E-state index is 0.228. The number of hydrogen-bond donors (Lipinski definition) is 0. The molecule has 2 heterocycles. The third kappa shape index (κ3) is 3.71. The molecule has 0 unspecified atom stereocenters. The Morgan fingerprint density at radius 3 is 2.72 bits per heavy atom. The number of anilines is 1. The number of hydrogen-bond acceptors (Lipinski definition) is 6. The molecule has 1 aliphatic heterocycles. The molecule has 8 heteroatoms. The summed E-state index contributed by atoms with van der Waals surface area (Å²) in [7, 11) is 0. The molecule has 1 atom stereocenters. The number of benzene rings is 2. The maximum atomic E-state index is 13.5. The summed E-state index contributed by atoms with van der Waals surface area (Å²) < 4.78 is 19.7. The zero-order chi connectivity index (χ0) is 20.4. The van der Waals surface area contributed by atoms with Crippen molar-refractivity contribution in [3.8, 4) is 17.1 Å². The number of fused-ring (bicyclic) bond motifs is 3. The first kappa shape index (κ1) is 19.1. The van der Waals surface area contributed by atoms with E-state index >= 15 is 0 Å². The lowest BCUT2D eigenvalue weighted by Crippen LogP contribution is -2.36. The number of halogens is 1. The van der Waals surface area contributed by atoms with Gasteiger partial charge in [0.2, 0.25) is 23.2 Å². The Hall–Kier alpha value is -3.26. The normalized spacial score (nSPS) is 15.0. The van der Waals surface area contributed by atoms with Crippen LogP contribution in [0.25, 0.3) is 11.3 Å². The van der Waals surface area contributed by atoms with E-state index in [0.717, 1.165) is 0 Å². The van der Waals surface area contributed by atoms with Crippen molar-refractivity contribution in [2.45, 2.75) is 18.3 Å². The van der Waals surface area contributed by atoms with Crippen molar-refractivity contribution in [2.24, 2.45) is 0 Å². The van der Waals surface area contributed by atoms with E-state index in [1.165, 1.54) is 35.7 Å². The van der Waals surface area contributed by atoms with Crippen LogP contribution in [0.3, 0.4) is 0 Å². The molecule has 2 aromatic carbocycles. The summed E-state index contributed by atoms with van der Waals surface area (Å²) in [5.74, 6) is 0.286. The molecule has 0 spiro atoms. The van der Waals surface area contributed by atoms with Gasteiger partial charge in [-0.05, 0) is 18.2 Å². The van der Waals surface area contributed by atoms with E-state index in [2.05, 4.69) is 21.8 Å². The van der Waals surface area contributed by atoms with E-state index in [9.17, 15) is 9.18 Å². The van der Waals surface area contributed by atoms with E-state index in [1.54, 1.807) is 18.2 Å². The fourth-order valence-electron chi connectivity index (χ4n) is 3.09. The third-order valence-electron chi connectivity index (χ3n) is 4.34. The lowest BCUT2D eigenvalue weighted by atomic mass is 10.1. The monoisotopic (exact) mass is 408 g/mol. The van der Waals surface area contributed by atoms with Gasteiger partial charge in [-0.15, -0.1) is 16.8 Å². The molecule has 1 aliphatic rings. The number of amides is 1. The van der Waals surface area contributed by atoms with Crippen LogP contribution in [0.2, 0.25) is 0 Å². The fourth-order valence-corrected chi connectivity index (χ4v) is 3.60. The number of carbonyl (C=O) groups excluding carboxylic acids is 1. The zero-order valence-electron chi connectivity index (χ0n) is 15.6. The highest BCUT2D eigenvalue weighted by atomic mass is 32.2. The second-order valence-electron chi connectivity index (χ2n) is 6.28. The van der Waals surface area contributed by atoms with Crippen molar-refractivity contribution in [3.63, 3.8) is 0 Å². The van der Waals surface area contributed by atoms with Gasteiger partial charge >= 0.3 is 0 Å². The molecule has 0 radical (unpaired) electrons. The fraction of sp³-hybridized carbons (Fsp3) is 0.143. The Morgan fingerprint density at radius 2 is 2.00 bits per heavy atom. The number of nitrogens with zero attached hydrogens (tertiary/aromatic N) is 4. The molecule has 1 amide bonds. The number of rotatable bonds is 4. The second kappa shape index (κ2) is 8.00. The summed E-state index contributed by atoms with van der Waals surface area (Å²) in [5, 5.41) is 8.93. The molecular weight excluding hydrogens is 391 g/mol. The Kier molecular flexibility index (Phi) is 5.26. The van der Waals surface area contributed by atoms with Crippen molar-refractivity contribution in [3.05, 3.63) is 72.6 Å². The highest BCUT2D eigenvalue weighted by molar-refractivity contribution is 7.99. The van der Waals surface area contributed by atoms with Gasteiger partial charge in [0.25, 0.3) is 0 Å². The Labute approximate surface area is 171 Å². The van der Waals surface area contributed by atoms with Crippen molar-refractivity contribution >= 4 is 23.4 Å². The first-order valence-corrected chi connectivity index (χ1v) is 9.87. The topological polar surface area (TPSA) is 68.2 Å². The Bertz CT molecular complexity index is 1070. The molecule has 4 rings (SSSR count). The maximum Gasteiger partial charge on any atom is 0.247 e. The Morgan fingerprint density at radius 1 is 1.24 bits per heavy atom. The van der Waals surface area contributed by atoms with Crippen LogP contribution in [0.5, 0.6) is 5.88 Å². The van der Waals surface area contributed by atoms with Crippen molar-refractivity contribution in [1.29, 1.82) is 0 Å². The molecule has 0 bridgehead atoms. The van der Waals surface area contributed by atoms with Crippen LogP contribution in [0.4, 0.5) is 10.1 Å². The number of thioether (sulfide) groups is 1. The molecule has 1 aromatic heterocycles. The van der Waals surface area contributed by atoms with Gasteiger partial charge in [0.15, 0.2) is 5.69 Å². The highest BCUT2D eigenvalue weighted by Crippen LogP contribution is 2.43. The van der Waals surface area contributed by atoms with Gasteiger partial charge in [-0.1, -0.05) is 48.2 Å². The molecule has 0 aliphatic carbocycles. The van der Waals surface area contributed by atoms with Crippen molar-refractivity contribution < 1.29 is 13.9 Å². The Balaban J connectivity index is 1.90. The predicted molar refractivity (Wildman–Crippen MR) is 109 cm³/mol.